The average molecular weight is 289 g/mol. The van der Waals surface area contributed by atoms with Gasteiger partial charge in [-0.2, -0.15) is 0 Å². The Balaban J connectivity index is 2.97. The molecule has 18 heavy (non-hydrogen) atoms. The molecular weight excluding hydrogens is 271 g/mol. The lowest BCUT2D eigenvalue weighted by molar-refractivity contribution is 0.0883. The minimum atomic E-state index is -0.270. The van der Waals surface area contributed by atoms with Crippen LogP contribution < -0.4 is 5.32 Å². The normalized spacial score (nSPS) is 11.4. The maximum atomic E-state index is 12.2. The number of nitrogens with zero attached hydrogens (tertiary/aromatic N) is 1. The third-order valence-electron chi connectivity index (χ3n) is 3.44. The molecule has 0 bridgehead atoms. The molecule has 0 saturated carbocycles. The van der Waals surface area contributed by atoms with E-state index < -0.39 is 0 Å². The molecule has 1 N–H and O–H groups in total. The van der Waals surface area contributed by atoms with E-state index in [-0.39, 0.29) is 22.3 Å². The zero-order valence-corrected chi connectivity index (χ0v) is 12.4. The lowest BCUT2D eigenvalue weighted by atomic mass is 9.89. The van der Waals surface area contributed by atoms with Crippen LogP contribution in [-0.4, -0.2) is 16.4 Å². The second-order valence-electron chi connectivity index (χ2n) is 4.26. The predicted molar refractivity (Wildman–Crippen MR) is 75.3 cm³/mol. The van der Waals surface area contributed by atoms with Crippen LogP contribution >= 0.6 is 23.2 Å². The molecule has 0 aliphatic rings. The molecule has 1 heterocycles. The fourth-order valence-electron chi connectivity index (χ4n) is 1.89. The first kappa shape index (κ1) is 15.3. The summed E-state index contributed by atoms with van der Waals surface area (Å²) in [6, 6.07) is 3.14. The van der Waals surface area contributed by atoms with Gasteiger partial charge in [0.25, 0.3) is 5.91 Å². The number of carbonyl (C=O) groups is 1. The van der Waals surface area contributed by atoms with E-state index in [2.05, 4.69) is 31.1 Å². The lowest BCUT2D eigenvalue weighted by Gasteiger charge is -2.31. The van der Waals surface area contributed by atoms with E-state index in [1.165, 1.54) is 0 Å². The van der Waals surface area contributed by atoms with Crippen LogP contribution in [0.1, 0.15) is 50.5 Å². The highest BCUT2D eigenvalue weighted by Gasteiger charge is 2.27. The Morgan fingerprint density at radius 1 is 1.22 bits per heavy atom. The summed E-state index contributed by atoms with van der Waals surface area (Å²) in [5.74, 6) is -0.270. The third kappa shape index (κ3) is 3.36. The highest BCUT2D eigenvalue weighted by atomic mass is 35.5. The van der Waals surface area contributed by atoms with E-state index >= 15 is 0 Å². The SMILES string of the molecule is CCC(CC)(CC)NC(=O)c1nc(Cl)ccc1Cl. The van der Waals surface area contributed by atoms with Crippen molar-refractivity contribution in [3.8, 4) is 0 Å². The van der Waals surface area contributed by atoms with Gasteiger partial charge in [-0.1, -0.05) is 44.0 Å². The van der Waals surface area contributed by atoms with E-state index in [0.717, 1.165) is 19.3 Å². The van der Waals surface area contributed by atoms with Gasteiger partial charge in [-0.05, 0) is 31.4 Å². The largest absolute Gasteiger partial charge is 0.345 e. The topological polar surface area (TPSA) is 42.0 Å². The van der Waals surface area contributed by atoms with Crippen molar-refractivity contribution in [1.29, 1.82) is 0 Å². The van der Waals surface area contributed by atoms with E-state index in [0.29, 0.717) is 5.02 Å². The summed E-state index contributed by atoms with van der Waals surface area (Å²) < 4.78 is 0. The Bertz CT molecular complexity index is 423. The Morgan fingerprint density at radius 3 is 2.28 bits per heavy atom. The van der Waals surface area contributed by atoms with Gasteiger partial charge in [0.2, 0.25) is 0 Å². The van der Waals surface area contributed by atoms with E-state index in [4.69, 9.17) is 23.2 Å². The lowest BCUT2D eigenvalue weighted by Crippen LogP contribution is -2.47. The number of hydrogen-bond donors (Lipinski definition) is 1. The van der Waals surface area contributed by atoms with Gasteiger partial charge in [0, 0.05) is 5.54 Å². The number of amides is 1. The van der Waals surface area contributed by atoms with Gasteiger partial charge in [-0.25, -0.2) is 4.98 Å². The van der Waals surface area contributed by atoms with Gasteiger partial charge in [-0.3, -0.25) is 4.79 Å². The summed E-state index contributed by atoms with van der Waals surface area (Å²) in [5.41, 5.74) is -0.0198. The van der Waals surface area contributed by atoms with Crippen LogP contribution in [0.15, 0.2) is 12.1 Å². The van der Waals surface area contributed by atoms with Gasteiger partial charge in [0.1, 0.15) is 10.8 Å². The summed E-state index contributed by atoms with van der Waals surface area (Å²) >= 11 is 11.8. The fraction of sp³-hybridized carbons (Fsp3) is 0.538. The third-order valence-corrected chi connectivity index (χ3v) is 3.95. The number of carbonyl (C=O) groups excluding carboxylic acids is 1. The summed E-state index contributed by atoms with van der Waals surface area (Å²) in [4.78, 5) is 16.2. The maximum absolute atomic E-state index is 12.2. The molecule has 0 spiro atoms. The molecule has 0 atom stereocenters. The van der Waals surface area contributed by atoms with E-state index in [1.54, 1.807) is 12.1 Å². The van der Waals surface area contributed by atoms with Crippen molar-refractivity contribution in [2.24, 2.45) is 0 Å². The summed E-state index contributed by atoms with van der Waals surface area (Å²) in [7, 11) is 0. The van der Waals surface area contributed by atoms with Crippen LogP contribution in [0.2, 0.25) is 10.2 Å². The Morgan fingerprint density at radius 2 is 1.78 bits per heavy atom. The van der Waals surface area contributed by atoms with Gasteiger partial charge in [0.15, 0.2) is 0 Å². The van der Waals surface area contributed by atoms with Gasteiger partial charge in [0.05, 0.1) is 5.02 Å². The Hall–Kier alpha value is -0.800. The van der Waals surface area contributed by atoms with Gasteiger partial charge >= 0.3 is 0 Å². The Kier molecular flexibility index (Phi) is 5.42. The molecule has 1 amide bonds. The van der Waals surface area contributed by atoms with Crippen molar-refractivity contribution < 1.29 is 4.79 Å². The number of hydrogen-bond acceptors (Lipinski definition) is 2. The summed E-state index contributed by atoms with van der Waals surface area (Å²) in [6.07, 6.45) is 2.60. The number of aromatic nitrogens is 1. The molecule has 1 aromatic heterocycles. The summed E-state index contributed by atoms with van der Waals surface area (Å²) in [6.45, 7) is 6.17. The molecule has 0 aliphatic carbocycles. The first-order chi connectivity index (χ1) is 8.48. The van der Waals surface area contributed by atoms with Crippen molar-refractivity contribution in [2.45, 2.75) is 45.6 Å². The first-order valence-electron chi connectivity index (χ1n) is 6.12. The molecular formula is C13H18Cl2N2O. The van der Waals surface area contributed by atoms with Crippen LogP contribution in [0.5, 0.6) is 0 Å². The highest BCUT2D eigenvalue weighted by molar-refractivity contribution is 6.34. The molecule has 1 aromatic rings. The van der Waals surface area contributed by atoms with Gasteiger partial charge < -0.3 is 5.32 Å². The second-order valence-corrected chi connectivity index (χ2v) is 5.05. The monoisotopic (exact) mass is 288 g/mol. The van der Waals surface area contributed by atoms with Crippen LogP contribution in [0, 0.1) is 0 Å². The molecule has 0 aromatic carbocycles. The summed E-state index contributed by atoms with van der Waals surface area (Å²) in [5, 5.41) is 3.60. The van der Waals surface area contributed by atoms with Crippen molar-refractivity contribution in [1.82, 2.24) is 10.3 Å². The number of nitrogens with one attached hydrogen (secondary N) is 1. The predicted octanol–water partition coefficient (Wildman–Crippen LogP) is 4.09. The number of pyridine rings is 1. The quantitative estimate of drug-likeness (QED) is 0.830. The van der Waals surface area contributed by atoms with Gasteiger partial charge in [-0.15, -0.1) is 0 Å². The average Bonchev–Trinajstić information content (AvgIpc) is 2.38. The van der Waals surface area contributed by atoms with E-state index in [9.17, 15) is 4.79 Å². The number of halogens is 2. The van der Waals surface area contributed by atoms with Crippen molar-refractivity contribution in [3.05, 3.63) is 28.0 Å². The first-order valence-corrected chi connectivity index (χ1v) is 6.88. The molecule has 5 heteroatoms. The van der Waals surface area contributed by atoms with E-state index in [1.807, 2.05) is 0 Å². The second kappa shape index (κ2) is 6.39. The van der Waals surface area contributed by atoms with Crippen molar-refractivity contribution in [2.75, 3.05) is 0 Å². The van der Waals surface area contributed by atoms with Crippen LogP contribution in [0.25, 0.3) is 0 Å². The molecule has 0 saturated heterocycles. The molecule has 0 radical (unpaired) electrons. The van der Waals surface area contributed by atoms with Crippen molar-refractivity contribution in [3.63, 3.8) is 0 Å². The smallest absolute Gasteiger partial charge is 0.271 e. The van der Waals surface area contributed by atoms with Crippen LogP contribution in [-0.2, 0) is 0 Å². The molecule has 1 rings (SSSR count). The zero-order chi connectivity index (χ0) is 13.8. The molecule has 0 fully saturated rings. The zero-order valence-electron chi connectivity index (χ0n) is 10.9. The van der Waals surface area contributed by atoms with Crippen LogP contribution in [0.3, 0.4) is 0 Å². The van der Waals surface area contributed by atoms with Crippen molar-refractivity contribution >= 4 is 29.1 Å². The number of rotatable bonds is 5. The maximum Gasteiger partial charge on any atom is 0.271 e. The molecule has 0 unspecified atom stereocenters. The fourth-order valence-corrected chi connectivity index (χ4v) is 2.23. The molecule has 3 nitrogen and oxygen atoms in total. The molecule has 0 aliphatic heterocycles. The minimum absolute atomic E-state index is 0.184. The highest BCUT2D eigenvalue weighted by Crippen LogP contribution is 2.22. The molecule has 100 valence electrons. The van der Waals surface area contributed by atoms with Crippen LogP contribution in [0.4, 0.5) is 0 Å². The Labute approximate surface area is 118 Å². The minimum Gasteiger partial charge on any atom is -0.345 e. The standard InChI is InChI=1S/C13H18Cl2N2O/c1-4-13(5-2,6-3)17-12(18)11-9(14)7-8-10(15)16-11/h7-8H,4-6H2,1-3H3,(H,17,18).